The summed E-state index contributed by atoms with van der Waals surface area (Å²) < 4.78 is 16.0. The van der Waals surface area contributed by atoms with E-state index in [2.05, 4.69) is 20.7 Å². The van der Waals surface area contributed by atoms with Crippen LogP contribution in [0.2, 0.25) is 5.02 Å². The number of hydrogen-bond acceptors (Lipinski definition) is 5. The van der Waals surface area contributed by atoms with E-state index in [4.69, 9.17) is 11.6 Å². The molecule has 40 heavy (non-hydrogen) atoms. The first-order valence-corrected chi connectivity index (χ1v) is 13.0. The van der Waals surface area contributed by atoms with E-state index in [1.54, 1.807) is 37.4 Å². The number of carboxylic acids is 1. The zero-order valence-corrected chi connectivity index (χ0v) is 22.2. The maximum absolute atomic E-state index is 14.6. The van der Waals surface area contributed by atoms with Gasteiger partial charge in [0, 0.05) is 23.9 Å². The van der Waals surface area contributed by atoms with Crippen molar-refractivity contribution in [1.82, 2.24) is 20.1 Å². The first-order chi connectivity index (χ1) is 19.2. The third-order valence-corrected chi connectivity index (χ3v) is 7.15. The number of hydrogen-bond donors (Lipinski definition) is 3. The maximum atomic E-state index is 14.6. The van der Waals surface area contributed by atoms with Gasteiger partial charge in [-0.2, -0.15) is 5.10 Å². The van der Waals surface area contributed by atoms with Crippen molar-refractivity contribution >= 4 is 35.1 Å². The molecule has 0 radical (unpaired) electrons. The standard InChI is InChI=1S/C29H25ClFN5O4/c1-16-20(15-33-36(16)25-7-4-5-21(30)27(25)31)28(38)35-23-6-2-3-8-26(37)34-22-10-9-18(29(39)40)13-19(22)17-11-12-32-24(23)14-17/h4-5,7,9-15,23H,2-3,6,8H2,1H3,(H,34,37)(H,35,38)(H,39,40)/t23-/m0/s1. The minimum Gasteiger partial charge on any atom is -0.478 e. The first-order valence-electron chi connectivity index (χ1n) is 12.7. The van der Waals surface area contributed by atoms with Crippen LogP contribution in [0.3, 0.4) is 0 Å². The lowest BCUT2D eigenvalue weighted by Crippen LogP contribution is -2.29. The van der Waals surface area contributed by atoms with E-state index in [1.807, 2.05) is 0 Å². The minimum absolute atomic E-state index is 0.0525. The summed E-state index contributed by atoms with van der Waals surface area (Å²) in [5.41, 5.74) is 3.14. The average molecular weight is 562 g/mol. The predicted molar refractivity (Wildman–Crippen MR) is 147 cm³/mol. The van der Waals surface area contributed by atoms with Crippen LogP contribution in [0.25, 0.3) is 16.8 Å². The summed E-state index contributed by atoms with van der Waals surface area (Å²) in [6.07, 6.45) is 4.94. The number of halogens is 2. The van der Waals surface area contributed by atoms with E-state index in [0.717, 1.165) is 0 Å². The van der Waals surface area contributed by atoms with Gasteiger partial charge in [-0.25, -0.2) is 13.9 Å². The van der Waals surface area contributed by atoms with E-state index in [9.17, 15) is 23.9 Å². The fraction of sp³-hybridized carbons (Fsp3) is 0.207. The number of nitrogens with zero attached hydrogens (tertiary/aromatic N) is 3. The molecule has 2 bridgehead atoms. The van der Waals surface area contributed by atoms with Gasteiger partial charge < -0.3 is 15.7 Å². The minimum atomic E-state index is -1.09. The molecular formula is C29H25ClFN5O4. The van der Waals surface area contributed by atoms with Gasteiger partial charge in [0.1, 0.15) is 5.69 Å². The first kappa shape index (κ1) is 27.0. The summed E-state index contributed by atoms with van der Waals surface area (Å²) in [5.74, 6) is -2.33. The maximum Gasteiger partial charge on any atom is 0.335 e. The van der Waals surface area contributed by atoms with Crippen LogP contribution in [0.5, 0.6) is 0 Å². The highest BCUT2D eigenvalue weighted by Crippen LogP contribution is 2.32. The van der Waals surface area contributed by atoms with E-state index in [-0.39, 0.29) is 34.2 Å². The smallest absolute Gasteiger partial charge is 0.335 e. The number of amides is 2. The van der Waals surface area contributed by atoms with Crippen molar-refractivity contribution in [2.24, 2.45) is 0 Å². The molecule has 0 unspecified atom stereocenters. The van der Waals surface area contributed by atoms with E-state index < -0.39 is 23.7 Å². The topological polar surface area (TPSA) is 126 Å². The van der Waals surface area contributed by atoms with Gasteiger partial charge in [-0.1, -0.05) is 24.1 Å². The molecule has 1 aliphatic rings. The zero-order chi connectivity index (χ0) is 28.4. The highest BCUT2D eigenvalue weighted by Gasteiger charge is 2.23. The summed E-state index contributed by atoms with van der Waals surface area (Å²) in [5, 5.41) is 19.6. The molecule has 2 aromatic carbocycles. The zero-order valence-electron chi connectivity index (χ0n) is 21.4. The number of carbonyl (C=O) groups excluding carboxylic acids is 2. The monoisotopic (exact) mass is 561 g/mol. The number of aromatic nitrogens is 3. The van der Waals surface area contributed by atoms with Crippen LogP contribution < -0.4 is 10.6 Å². The number of carbonyl (C=O) groups is 3. The van der Waals surface area contributed by atoms with E-state index in [1.165, 1.54) is 35.1 Å². The summed E-state index contributed by atoms with van der Waals surface area (Å²) >= 11 is 5.93. The van der Waals surface area contributed by atoms with E-state index in [0.29, 0.717) is 47.5 Å². The fourth-order valence-corrected chi connectivity index (χ4v) is 4.91. The van der Waals surface area contributed by atoms with Crippen molar-refractivity contribution in [3.05, 3.63) is 94.3 Å². The van der Waals surface area contributed by atoms with Gasteiger partial charge in [0.2, 0.25) is 5.91 Å². The molecule has 4 aromatic rings. The van der Waals surface area contributed by atoms with Crippen molar-refractivity contribution in [2.45, 2.75) is 38.6 Å². The molecule has 2 aromatic heterocycles. The average Bonchev–Trinajstić information content (AvgIpc) is 3.32. The Hall–Kier alpha value is -4.57. The third kappa shape index (κ3) is 5.43. The summed E-state index contributed by atoms with van der Waals surface area (Å²) in [4.78, 5) is 42.2. The molecule has 0 saturated heterocycles. The molecule has 2 amide bonds. The summed E-state index contributed by atoms with van der Waals surface area (Å²) in [6.45, 7) is 1.66. The van der Waals surface area contributed by atoms with Crippen molar-refractivity contribution in [1.29, 1.82) is 0 Å². The Labute approximate surface area is 234 Å². The number of carboxylic acid groups (broad SMARTS) is 1. The second kappa shape index (κ2) is 11.3. The number of anilines is 1. The molecule has 0 aliphatic carbocycles. The molecule has 9 nitrogen and oxygen atoms in total. The van der Waals surface area contributed by atoms with Crippen LogP contribution in [-0.2, 0) is 4.79 Å². The molecule has 204 valence electrons. The van der Waals surface area contributed by atoms with Crippen molar-refractivity contribution < 1.29 is 23.9 Å². The molecular weight excluding hydrogens is 537 g/mol. The Morgan fingerprint density at radius 2 is 2.00 bits per heavy atom. The van der Waals surface area contributed by atoms with Crippen molar-refractivity contribution in [3.8, 4) is 16.8 Å². The molecule has 0 spiro atoms. The fourth-order valence-electron chi connectivity index (χ4n) is 4.74. The Morgan fingerprint density at radius 3 is 2.80 bits per heavy atom. The van der Waals surface area contributed by atoms with Crippen molar-refractivity contribution in [2.75, 3.05) is 5.32 Å². The molecule has 3 heterocycles. The Morgan fingerprint density at radius 1 is 1.18 bits per heavy atom. The number of aromatic carboxylic acids is 1. The van der Waals surface area contributed by atoms with Crippen LogP contribution in [-0.4, -0.2) is 37.7 Å². The van der Waals surface area contributed by atoms with Gasteiger partial charge in [-0.05, 0) is 67.8 Å². The van der Waals surface area contributed by atoms with Gasteiger partial charge in [-0.3, -0.25) is 14.6 Å². The second-order valence-electron chi connectivity index (χ2n) is 9.48. The van der Waals surface area contributed by atoms with E-state index >= 15 is 0 Å². The number of nitrogens with one attached hydrogen (secondary N) is 2. The Kier molecular flexibility index (Phi) is 7.61. The van der Waals surface area contributed by atoms with Gasteiger partial charge in [0.15, 0.2) is 5.82 Å². The molecule has 5 rings (SSSR count). The molecule has 0 saturated carbocycles. The van der Waals surface area contributed by atoms with Crippen molar-refractivity contribution in [3.63, 3.8) is 0 Å². The predicted octanol–water partition coefficient (Wildman–Crippen LogP) is 5.72. The summed E-state index contributed by atoms with van der Waals surface area (Å²) in [7, 11) is 0. The lowest BCUT2D eigenvalue weighted by atomic mass is 9.97. The number of pyridine rings is 1. The molecule has 0 fully saturated rings. The molecule has 1 aliphatic heterocycles. The Balaban J connectivity index is 1.49. The molecule has 1 atom stereocenters. The normalized spacial score (nSPS) is 15.3. The lowest BCUT2D eigenvalue weighted by molar-refractivity contribution is -0.116. The number of rotatable bonds is 4. The largest absolute Gasteiger partial charge is 0.478 e. The molecule has 11 heteroatoms. The van der Waals surface area contributed by atoms with Crippen LogP contribution >= 0.6 is 11.6 Å². The SMILES string of the molecule is Cc1c(C(=O)N[C@H]2CCCCC(=O)Nc3ccc(C(=O)O)cc3-c3ccnc2c3)cnn1-c1cccc(Cl)c1F. The Bertz CT molecular complexity index is 1640. The van der Waals surface area contributed by atoms with Crippen LogP contribution in [0.4, 0.5) is 10.1 Å². The number of fused-ring (bicyclic) bond motifs is 4. The van der Waals surface area contributed by atoms with Gasteiger partial charge >= 0.3 is 5.97 Å². The van der Waals surface area contributed by atoms with Gasteiger partial charge in [0.25, 0.3) is 5.91 Å². The van der Waals surface area contributed by atoms with Crippen LogP contribution in [0.1, 0.15) is 63.8 Å². The quantitative estimate of drug-likeness (QED) is 0.293. The second-order valence-corrected chi connectivity index (χ2v) is 9.89. The summed E-state index contributed by atoms with van der Waals surface area (Å²) in [6, 6.07) is 12.1. The number of benzene rings is 2. The highest BCUT2D eigenvalue weighted by atomic mass is 35.5. The van der Waals surface area contributed by atoms with Crippen LogP contribution in [0.15, 0.2) is 60.9 Å². The lowest BCUT2D eigenvalue weighted by Gasteiger charge is -2.21. The van der Waals surface area contributed by atoms with Gasteiger partial charge in [0.05, 0.1) is 39.8 Å². The highest BCUT2D eigenvalue weighted by molar-refractivity contribution is 6.30. The molecule has 3 N–H and O–H groups in total. The van der Waals surface area contributed by atoms with Gasteiger partial charge in [-0.15, -0.1) is 0 Å². The third-order valence-electron chi connectivity index (χ3n) is 6.86. The van der Waals surface area contributed by atoms with Crippen LogP contribution in [0, 0.1) is 12.7 Å².